The molecule has 1 saturated heterocycles. The lowest BCUT2D eigenvalue weighted by Gasteiger charge is -2.33. The first-order valence-corrected chi connectivity index (χ1v) is 8.64. The van der Waals surface area contributed by atoms with Crippen molar-refractivity contribution in [3.05, 3.63) is 29.8 Å². The van der Waals surface area contributed by atoms with Gasteiger partial charge in [-0.2, -0.15) is 4.31 Å². The molecule has 1 aliphatic rings. The first kappa shape index (κ1) is 17.8. The van der Waals surface area contributed by atoms with Gasteiger partial charge in [0.15, 0.2) is 4.90 Å². The Morgan fingerprint density at radius 1 is 1.13 bits per heavy atom. The fraction of sp³-hybridized carbons (Fsp3) is 0.500. The largest absolute Gasteiger partial charge is 0.481 e. The Bertz CT molecular complexity index is 653. The SMILES string of the molecule is O=C(O)CCCN1CCN(S(=O)(=O)c2c(F)cccc2F)CC1. The zero-order chi connectivity index (χ0) is 17.0. The molecule has 1 fully saturated rings. The van der Waals surface area contributed by atoms with Crippen molar-refractivity contribution in [3.8, 4) is 0 Å². The summed E-state index contributed by atoms with van der Waals surface area (Å²) in [4.78, 5) is 11.5. The monoisotopic (exact) mass is 348 g/mol. The number of piperazine rings is 1. The number of sulfonamides is 1. The van der Waals surface area contributed by atoms with Crippen LogP contribution in [0.1, 0.15) is 12.8 Å². The number of carboxylic acid groups (broad SMARTS) is 1. The summed E-state index contributed by atoms with van der Waals surface area (Å²) in [6.45, 7) is 1.57. The number of aliphatic carboxylic acids is 1. The summed E-state index contributed by atoms with van der Waals surface area (Å²) >= 11 is 0. The molecule has 0 aromatic heterocycles. The van der Waals surface area contributed by atoms with Gasteiger partial charge in [-0.25, -0.2) is 17.2 Å². The van der Waals surface area contributed by atoms with Gasteiger partial charge in [-0.05, 0) is 25.1 Å². The summed E-state index contributed by atoms with van der Waals surface area (Å²) in [5, 5.41) is 8.59. The van der Waals surface area contributed by atoms with E-state index in [4.69, 9.17) is 5.11 Å². The van der Waals surface area contributed by atoms with Gasteiger partial charge in [-0.15, -0.1) is 0 Å². The zero-order valence-corrected chi connectivity index (χ0v) is 13.2. The molecule has 1 N–H and O–H groups in total. The first-order valence-electron chi connectivity index (χ1n) is 7.20. The number of carbonyl (C=O) groups is 1. The molecule has 128 valence electrons. The number of nitrogens with zero attached hydrogens (tertiary/aromatic N) is 2. The van der Waals surface area contributed by atoms with E-state index in [1.165, 1.54) is 0 Å². The zero-order valence-electron chi connectivity index (χ0n) is 12.4. The van der Waals surface area contributed by atoms with Crippen molar-refractivity contribution in [3.63, 3.8) is 0 Å². The highest BCUT2D eigenvalue weighted by molar-refractivity contribution is 7.89. The van der Waals surface area contributed by atoms with E-state index in [2.05, 4.69) is 0 Å². The summed E-state index contributed by atoms with van der Waals surface area (Å²) in [5.74, 6) is -3.08. The average Bonchev–Trinajstić information content (AvgIpc) is 2.47. The molecule has 0 atom stereocenters. The molecule has 23 heavy (non-hydrogen) atoms. The van der Waals surface area contributed by atoms with E-state index in [-0.39, 0.29) is 19.5 Å². The van der Waals surface area contributed by atoms with E-state index in [0.717, 1.165) is 22.5 Å². The molecule has 1 aliphatic heterocycles. The molecule has 1 aromatic rings. The van der Waals surface area contributed by atoms with Gasteiger partial charge in [-0.3, -0.25) is 4.79 Å². The van der Waals surface area contributed by atoms with Crippen LogP contribution in [-0.4, -0.2) is 61.4 Å². The van der Waals surface area contributed by atoms with Crippen molar-refractivity contribution in [1.29, 1.82) is 0 Å². The van der Waals surface area contributed by atoms with Crippen LogP contribution in [0.2, 0.25) is 0 Å². The van der Waals surface area contributed by atoms with Gasteiger partial charge in [0.2, 0.25) is 10.0 Å². The smallest absolute Gasteiger partial charge is 0.303 e. The van der Waals surface area contributed by atoms with Crippen LogP contribution in [0, 0.1) is 11.6 Å². The highest BCUT2D eigenvalue weighted by Gasteiger charge is 2.32. The topological polar surface area (TPSA) is 77.9 Å². The van der Waals surface area contributed by atoms with E-state index < -0.39 is 32.5 Å². The van der Waals surface area contributed by atoms with Crippen LogP contribution in [-0.2, 0) is 14.8 Å². The molecular formula is C14H18F2N2O4S. The second-order valence-electron chi connectivity index (χ2n) is 5.29. The minimum Gasteiger partial charge on any atom is -0.481 e. The Morgan fingerprint density at radius 3 is 2.22 bits per heavy atom. The lowest BCUT2D eigenvalue weighted by molar-refractivity contribution is -0.137. The Labute approximate surface area is 133 Å². The van der Waals surface area contributed by atoms with Gasteiger partial charge in [-0.1, -0.05) is 6.07 Å². The minimum absolute atomic E-state index is 0.0545. The van der Waals surface area contributed by atoms with E-state index >= 15 is 0 Å². The van der Waals surface area contributed by atoms with Gasteiger partial charge >= 0.3 is 5.97 Å². The van der Waals surface area contributed by atoms with E-state index in [0.29, 0.717) is 26.1 Å². The molecule has 9 heteroatoms. The van der Waals surface area contributed by atoms with Crippen LogP contribution in [0.25, 0.3) is 0 Å². The van der Waals surface area contributed by atoms with Crippen LogP contribution in [0.15, 0.2) is 23.1 Å². The summed E-state index contributed by atoms with van der Waals surface area (Å²) in [6, 6.07) is 2.94. The minimum atomic E-state index is -4.22. The summed E-state index contributed by atoms with van der Waals surface area (Å²) < 4.78 is 53.3. The van der Waals surface area contributed by atoms with Crippen LogP contribution in [0.5, 0.6) is 0 Å². The molecule has 2 rings (SSSR count). The fourth-order valence-electron chi connectivity index (χ4n) is 2.51. The first-order chi connectivity index (χ1) is 10.8. The predicted molar refractivity (Wildman–Crippen MR) is 78.4 cm³/mol. The maximum Gasteiger partial charge on any atom is 0.303 e. The van der Waals surface area contributed by atoms with Crippen LogP contribution < -0.4 is 0 Å². The van der Waals surface area contributed by atoms with E-state index in [9.17, 15) is 22.0 Å². The molecule has 0 radical (unpaired) electrons. The number of carboxylic acids is 1. The quantitative estimate of drug-likeness (QED) is 0.834. The highest BCUT2D eigenvalue weighted by Crippen LogP contribution is 2.23. The number of hydrogen-bond donors (Lipinski definition) is 1. The van der Waals surface area contributed by atoms with Crippen molar-refractivity contribution in [2.75, 3.05) is 32.7 Å². The average molecular weight is 348 g/mol. The van der Waals surface area contributed by atoms with Gasteiger partial charge in [0.1, 0.15) is 11.6 Å². The lowest BCUT2D eigenvalue weighted by atomic mass is 10.2. The molecule has 6 nitrogen and oxygen atoms in total. The maximum absolute atomic E-state index is 13.7. The molecule has 0 spiro atoms. The third-order valence-corrected chi connectivity index (χ3v) is 5.66. The van der Waals surface area contributed by atoms with Gasteiger partial charge in [0, 0.05) is 32.6 Å². The highest BCUT2D eigenvalue weighted by atomic mass is 32.2. The molecular weight excluding hydrogens is 330 g/mol. The second kappa shape index (κ2) is 7.33. The Morgan fingerprint density at radius 2 is 1.70 bits per heavy atom. The third kappa shape index (κ3) is 4.24. The van der Waals surface area contributed by atoms with E-state index in [1.807, 2.05) is 4.90 Å². The van der Waals surface area contributed by atoms with Crippen molar-refractivity contribution in [1.82, 2.24) is 9.21 Å². The Balaban J connectivity index is 2.00. The molecule has 0 unspecified atom stereocenters. The normalized spacial score (nSPS) is 17.3. The molecule has 0 bridgehead atoms. The summed E-state index contributed by atoms with van der Waals surface area (Å²) in [6.07, 6.45) is 0.531. The number of hydrogen-bond acceptors (Lipinski definition) is 4. The van der Waals surface area contributed by atoms with Gasteiger partial charge in [0.05, 0.1) is 0 Å². The summed E-state index contributed by atoms with van der Waals surface area (Å²) in [7, 11) is -4.22. The lowest BCUT2D eigenvalue weighted by Crippen LogP contribution is -2.49. The van der Waals surface area contributed by atoms with Crippen molar-refractivity contribution in [2.45, 2.75) is 17.7 Å². The molecule has 1 heterocycles. The number of rotatable bonds is 6. The molecule has 1 aromatic carbocycles. The van der Waals surface area contributed by atoms with Crippen molar-refractivity contribution >= 4 is 16.0 Å². The maximum atomic E-state index is 13.7. The Hall–Kier alpha value is -1.58. The molecule has 0 saturated carbocycles. The second-order valence-corrected chi connectivity index (χ2v) is 7.17. The van der Waals surface area contributed by atoms with Gasteiger partial charge in [0.25, 0.3) is 0 Å². The summed E-state index contributed by atoms with van der Waals surface area (Å²) in [5.41, 5.74) is 0. The third-order valence-electron chi connectivity index (χ3n) is 3.71. The molecule has 0 amide bonds. The van der Waals surface area contributed by atoms with Crippen LogP contribution in [0.4, 0.5) is 8.78 Å². The number of benzene rings is 1. The molecule has 0 aliphatic carbocycles. The van der Waals surface area contributed by atoms with Crippen molar-refractivity contribution in [2.24, 2.45) is 0 Å². The van der Waals surface area contributed by atoms with Crippen LogP contribution >= 0.6 is 0 Å². The predicted octanol–water partition coefficient (Wildman–Crippen LogP) is 1.14. The standard InChI is InChI=1S/C14H18F2N2O4S/c15-11-3-1-4-12(16)14(11)23(21,22)18-9-7-17(8-10-18)6-2-5-13(19)20/h1,3-4H,2,5-10H2,(H,19,20). The van der Waals surface area contributed by atoms with Crippen molar-refractivity contribution < 1.29 is 27.1 Å². The van der Waals surface area contributed by atoms with Crippen LogP contribution in [0.3, 0.4) is 0 Å². The van der Waals surface area contributed by atoms with Gasteiger partial charge < -0.3 is 10.0 Å². The Kier molecular flexibility index (Phi) is 5.66. The van der Waals surface area contributed by atoms with E-state index in [1.54, 1.807) is 0 Å². The number of halogens is 2. The fourth-order valence-corrected chi connectivity index (χ4v) is 4.04.